The molecule has 0 spiro atoms. The molecule has 1 aliphatic carbocycles. The van der Waals surface area contributed by atoms with Crippen molar-refractivity contribution in [3.8, 4) is 0 Å². The number of carbonyl (C=O) groups is 1. The van der Waals surface area contributed by atoms with Crippen molar-refractivity contribution in [2.45, 2.75) is 12.3 Å². The highest BCUT2D eigenvalue weighted by molar-refractivity contribution is 6.04. The molecule has 0 radical (unpaired) electrons. The number of rotatable bonds is 4. The van der Waals surface area contributed by atoms with Crippen LogP contribution in [-0.4, -0.2) is 12.5 Å². The Balaban J connectivity index is 0.00000161. The number of amides is 1. The summed E-state index contributed by atoms with van der Waals surface area (Å²) < 4.78 is 0. The number of carbonyl (C=O) groups excluding carboxylic acids is 1. The van der Waals surface area contributed by atoms with E-state index >= 15 is 0 Å². The summed E-state index contributed by atoms with van der Waals surface area (Å²) in [6.07, 6.45) is 1.16. The highest BCUT2D eigenvalue weighted by atomic mass is 35.5. The van der Waals surface area contributed by atoms with E-state index in [-0.39, 0.29) is 18.3 Å². The van der Waals surface area contributed by atoms with Gasteiger partial charge in [0.15, 0.2) is 0 Å². The SMILES string of the molecule is Cl.NC[C@@H]1C[C@H]1c1cccc(NC(=O)c2ccccc2)c1. The summed E-state index contributed by atoms with van der Waals surface area (Å²) in [5.41, 5.74) is 8.47. The summed E-state index contributed by atoms with van der Waals surface area (Å²) in [6.45, 7) is 0.741. The van der Waals surface area contributed by atoms with Crippen molar-refractivity contribution >= 4 is 24.0 Å². The van der Waals surface area contributed by atoms with Gasteiger partial charge in [-0.1, -0.05) is 30.3 Å². The summed E-state index contributed by atoms with van der Waals surface area (Å²) in [5, 5.41) is 2.94. The van der Waals surface area contributed by atoms with E-state index in [1.807, 2.05) is 42.5 Å². The van der Waals surface area contributed by atoms with Gasteiger partial charge in [0.25, 0.3) is 5.91 Å². The number of anilines is 1. The Labute approximate surface area is 131 Å². The molecule has 2 atom stereocenters. The van der Waals surface area contributed by atoms with Gasteiger partial charge in [0, 0.05) is 11.3 Å². The Kier molecular flexibility index (Phi) is 4.99. The van der Waals surface area contributed by atoms with E-state index in [0.717, 1.165) is 18.7 Å². The van der Waals surface area contributed by atoms with E-state index in [1.54, 1.807) is 0 Å². The Morgan fingerprint density at radius 3 is 2.57 bits per heavy atom. The first kappa shape index (κ1) is 15.5. The molecule has 0 heterocycles. The number of nitrogens with two attached hydrogens (primary N) is 1. The van der Waals surface area contributed by atoms with E-state index in [0.29, 0.717) is 17.4 Å². The lowest BCUT2D eigenvalue weighted by Crippen LogP contribution is -2.11. The summed E-state index contributed by atoms with van der Waals surface area (Å²) in [5.74, 6) is 1.09. The fourth-order valence-corrected chi connectivity index (χ4v) is 2.56. The fourth-order valence-electron chi connectivity index (χ4n) is 2.56. The van der Waals surface area contributed by atoms with Gasteiger partial charge in [-0.2, -0.15) is 0 Å². The predicted molar refractivity (Wildman–Crippen MR) is 88.0 cm³/mol. The smallest absolute Gasteiger partial charge is 0.255 e. The second-order valence-corrected chi connectivity index (χ2v) is 5.28. The second-order valence-electron chi connectivity index (χ2n) is 5.28. The van der Waals surface area contributed by atoms with Gasteiger partial charge in [-0.15, -0.1) is 12.4 Å². The first-order valence-corrected chi connectivity index (χ1v) is 6.94. The predicted octanol–water partition coefficient (Wildman–Crippen LogP) is 3.42. The maximum Gasteiger partial charge on any atom is 0.255 e. The topological polar surface area (TPSA) is 55.1 Å². The Hall–Kier alpha value is -1.84. The molecule has 2 aromatic carbocycles. The number of benzene rings is 2. The van der Waals surface area contributed by atoms with E-state index in [2.05, 4.69) is 17.4 Å². The maximum atomic E-state index is 12.1. The molecule has 21 heavy (non-hydrogen) atoms. The second kappa shape index (κ2) is 6.74. The van der Waals surface area contributed by atoms with Crippen molar-refractivity contribution in [3.05, 3.63) is 65.7 Å². The standard InChI is InChI=1S/C17H18N2O.ClH/c18-11-14-10-16(14)13-7-4-8-15(9-13)19-17(20)12-5-2-1-3-6-12;/h1-9,14,16H,10-11,18H2,(H,19,20);1H/t14-,16-;/m0./s1. The normalized spacial score (nSPS) is 19.5. The van der Waals surface area contributed by atoms with Crippen molar-refractivity contribution in [2.24, 2.45) is 11.7 Å². The molecule has 110 valence electrons. The lowest BCUT2D eigenvalue weighted by molar-refractivity contribution is 0.102. The van der Waals surface area contributed by atoms with Crippen LogP contribution >= 0.6 is 12.4 Å². The average molecular weight is 303 g/mol. The summed E-state index contributed by atoms with van der Waals surface area (Å²) >= 11 is 0. The molecule has 1 aliphatic rings. The number of hydrogen-bond donors (Lipinski definition) is 2. The Bertz CT molecular complexity index is 615. The van der Waals surface area contributed by atoms with Gasteiger partial charge in [0.1, 0.15) is 0 Å². The van der Waals surface area contributed by atoms with Crippen LogP contribution in [0.4, 0.5) is 5.69 Å². The fraction of sp³-hybridized carbons (Fsp3) is 0.235. The molecule has 0 unspecified atom stereocenters. The van der Waals surface area contributed by atoms with E-state index in [9.17, 15) is 4.79 Å². The molecule has 0 saturated heterocycles. The molecular weight excluding hydrogens is 284 g/mol. The van der Waals surface area contributed by atoms with Crippen molar-refractivity contribution in [1.29, 1.82) is 0 Å². The van der Waals surface area contributed by atoms with Gasteiger partial charge in [-0.05, 0) is 54.6 Å². The van der Waals surface area contributed by atoms with Crippen LogP contribution in [0.5, 0.6) is 0 Å². The Morgan fingerprint density at radius 2 is 1.90 bits per heavy atom. The third-order valence-electron chi connectivity index (χ3n) is 3.83. The highest BCUT2D eigenvalue weighted by Crippen LogP contribution is 2.46. The van der Waals surface area contributed by atoms with Crippen LogP contribution in [0.25, 0.3) is 0 Å². The van der Waals surface area contributed by atoms with Crippen molar-refractivity contribution in [1.82, 2.24) is 0 Å². The maximum absolute atomic E-state index is 12.1. The molecular formula is C17H19ClN2O. The third-order valence-corrected chi connectivity index (χ3v) is 3.83. The van der Waals surface area contributed by atoms with Crippen LogP contribution < -0.4 is 11.1 Å². The van der Waals surface area contributed by atoms with E-state index < -0.39 is 0 Å². The van der Waals surface area contributed by atoms with Crippen LogP contribution in [0.3, 0.4) is 0 Å². The zero-order valence-corrected chi connectivity index (χ0v) is 12.5. The summed E-state index contributed by atoms with van der Waals surface area (Å²) in [7, 11) is 0. The minimum Gasteiger partial charge on any atom is -0.330 e. The molecule has 4 heteroatoms. The third kappa shape index (κ3) is 3.63. The van der Waals surface area contributed by atoms with Crippen LogP contribution in [-0.2, 0) is 0 Å². The summed E-state index contributed by atoms with van der Waals surface area (Å²) in [6, 6.07) is 17.3. The van der Waals surface area contributed by atoms with E-state index in [4.69, 9.17) is 5.73 Å². The van der Waals surface area contributed by atoms with E-state index in [1.165, 1.54) is 5.56 Å². The minimum atomic E-state index is -0.0751. The Morgan fingerprint density at radius 1 is 1.14 bits per heavy atom. The van der Waals surface area contributed by atoms with Gasteiger partial charge >= 0.3 is 0 Å². The zero-order valence-electron chi connectivity index (χ0n) is 11.7. The lowest BCUT2D eigenvalue weighted by atomic mass is 10.1. The molecule has 1 fully saturated rings. The molecule has 2 aromatic rings. The molecule has 0 aliphatic heterocycles. The largest absolute Gasteiger partial charge is 0.330 e. The molecule has 3 rings (SSSR count). The first-order chi connectivity index (χ1) is 9.78. The molecule has 0 bridgehead atoms. The molecule has 1 saturated carbocycles. The quantitative estimate of drug-likeness (QED) is 0.909. The number of halogens is 1. The molecule has 3 N–H and O–H groups in total. The van der Waals surface area contributed by atoms with Crippen molar-refractivity contribution in [3.63, 3.8) is 0 Å². The van der Waals surface area contributed by atoms with Crippen LogP contribution in [0.2, 0.25) is 0 Å². The first-order valence-electron chi connectivity index (χ1n) is 6.94. The van der Waals surface area contributed by atoms with Crippen LogP contribution in [0, 0.1) is 5.92 Å². The zero-order chi connectivity index (χ0) is 13.9. The highest BCUT2D eigenvalue weighted by Gasteiger charge is 2.36. The number of hydrogen-bond acceptors (Lipinski definition) is 2. The minimum absolute atomic E-state index is 0. The average Bonchev–Trinajstić information content (AvgIpc) is 3.28. The van der Waals surface area contributed by atoms with Gasteiger partial charge in [0.2, 0.25) is 0 Å². The van der Waals surface area contributed by atoms with Gasteiger partial charge in [0.05, 0.1) is 0 Å². The van der Waals surface area contributed by atoms with Crippen molar-refractivity contribution in [2.75, 3.05) is 11.9 Å². The van der Waals surface area contributed by atoms with Gasteiger partial charge < -0.3 is 11.1 Å². The molecule has 3 nitrogen and oxygen atoms in total. The lowest BCUT2D eigenvalue weighted by Gasteiger charge is -2.07. The summed E-state index contributed by atoms with van der Waals surface area (Å²) in [4.78, 5) is 12.1. The molecule has 0 aromatic heterocycles. The van der Waals surface area contributed by atoms with Crippen molar-refractivity contribution < 1.29 is 4.79 Å². The van der Waals surface area contributed by atoms with Crippen LogP contribution in [0.15, 0.2) is 54.6 Å². The van der Waals surface area contributed by atoms with Crippen LogP contribution in [0.1, 0.15) is 28.3 Å². The molecule has 1 amide bonds. The van der Waals surface area contributed by atoms with Gasteiger partial charge in [-0.3, -0.25) is 4.79 Å². The number of nitrogens with one attached hydrogen (secondary N) is 1. The monoisotopic (exact) mass is 302 g/mol. The van der Waals surface area contributed by atoms with Gasteiger partial charge in [-0.25, -0.2) is 0 Å².